The third-order valence-electron chi connectivity index (χ3n) is 5.64. The smallest absolute Gasteiger partial charge is 0.289 e. The number of hydrogen-bond donors (Lipinski definition) is 0. The number of rotatable bonds is 3. The molecule has 0 aromatic carbocycles. The normalized spacial score (nSPS) is 27.6. The van der Waals surface area contributed by atoms with E-state index in [1.165, 1.54) is 51.7 Å². The quantitative estimate of drug-likeness (QED) is 0.844. The van der Waals surface area contributed by atoms with E-state index in [9.17, 15) is 9.59 Å². The van der Waals surface area contributed by atoms with Crippen LogP contribution in [-0.4, -0.2) is 54.5 Å². The van der Waals surface area contributed by atoms with E-state index in [4.69, 9.17) is 9.15 Å². The summed E-state index contributed by atoms with van der Waals surface area (Å²) in [4.78, 5) is 29.1. The molecular formula is C18H24N2O4. The zero-order valence-corrected chi connectivity index (χ0v) is 14.1. The lowest BCUT2D eigenvalue weighted by molar-refractivity contribution is 0.0159. The summed E-state index contributed by atoms with van der Waals surface area (Å²) >= 11 is 0. The number of carbonyl (C=O) groups is 1. The van der Waals surface area contributed by atoms with Gasteiger partial charge in [0.2, 0.25) is 11.2 Å². The Morgan fingerprint density at radius 2 is 2.08 bits per heavy atom. The lowest BCUT2D eigenvalue weighted by Gasteiger charge is -2.47. The maximum atomic E-state index is 12.7. The Morgan fingerprint density at radius 3 is 2.79 bits per heavy atom. The summed E-state index contributed by atoms with van der Waals surface area (Å²) in [5, 5.41) is 0. The van der Waals surface area contributed by atoms with Crippen molar-refractivity contribution in [1.82, 2.24) is 9.80 Å². The Hall–Kier alpha value is -1.82. The third-order valence-corrected chi connectivity index (χ3v) is 5.64. The molecule has 4 rings (SSSR count). The first-order valence-electron chi connectivity index (χ1n) is 8.89. The van der Waals surface area contributed by atoms with Gasteiger partial charge in [0.25, 0.3) is 5.91 Å². The minimum absolute atomic E-state index is 0.106. The second-order valence-corrected chi connectivity index (χ2v) is 7.16. The molecule has 0 spiro atoms. The van der Waals surface area contributed by atoms with E-state index < -0.39 is 0 Å². The zero-order chi connectivity index (χ0) is 16.7. The zero-order valence-electron chi connectivity index (χ0n) is 14.1. The molecule has 3 fully saturated rings. The van der Waals surface area contributed by atoms with Crippen LogP contribution in [0.15, 0.2) is 21.5 Å². The van der Waals surface area contributed by atoms with Crippen LogP contribution in [0, 0.1) is 5.92 Å². The van der Waals surface area contributed by atoms with Crippen molar-refractivity contribution in [2.45, 2.75) is 44.2 Å². The van der Waals surface area contributed by atoms with Crippen LogP contribution in [0.25, 0.3) is 0 Å². The molecule has 0 radical (unpaired) electrons. The summed E-state index contributed by atoms with van der Waals surface area (Å²) in [6.45, 7) is 2.72. The van der Waals surface area contributed by atoms with Crippen molar-refractivity contribution in [3.05, 3.63) is 28.3 Å². The first-order valence-corrected chi connectivity index (χ1v) is 8.89. The number of hydrogen-bond acceptors (Lipinski definition) is 5. The number of fused-ring (bicyclic) bond motifs is 1. The van der Waals surface area contributed by atoms with E-state index in [2.05, 4.69) is 4.90 Å². The highest BCUT2D eigenvalue weighted by molar-refractivity contribution is 5.91. The molecule has 2 aliphatic heterocycles. The molecule has 0 unspecified atom stereocenters. The summed E-state index contributed by atoms with van der Waals surface area (Å²) in [7, 11) is 1.41. The van der Waals surface area contributed by atoms with Gasteiger partial charge in [-0.15, -0.1) is 0 Å². The largest absolute Gasteiger partial charge is 0.490 e. The molecule has 3 aliphatic rings. The molecule has 6 nitrogen and oxygen atoms in total. The van der Waals surface area contributed by atoms with E-state index in [-0.39, 0.29) is 22.8 Å². The maximum absolute atomic E-state index is 12.7. The van der Waals surface area contributed by atoms with Crippen LogP contribution in [0.1, 0.15) is 42.7 Å². The molecule has 3 heterocycles. The SMILES string of the molecule is COc1coc(C(=O)N2CC[C@H]3[C@H](CCCN3C3CC3)C2)cc1=O. The fourth-order valence-corrected chi connectivity index (χ4v) is 4.30. The fraction of sp³-hybridized carbons (Fsp3) is 0.667. The second kappa shape index (κ2) is 6.24. The lowest BCUT2D eigenvalue weighted by Crippen LogP contribution is -2.55. The van der Waals surface area contributed by atoms with Gasteiger partial charge in [-0.2, -0.15) is 0 Å². The predicted molar refractivity (Wildman–Crippen MR) is 88.3 cm³/mol. The van der Waals surface area contributed by atoms with E-state index in [1.54, 1.807) is 0 Å². The van der Waals surface area contributed by atoms with Crippen molar-refractivity contribution in [2.75, 3.05) is 26.7 Å². The van der Waals surface area contributed by atoms with Gasteiger partial charge in [0.1, 0.15) is 6.26 Å². The number of nitrogens with zero attached hydrogens (tertiary/aromatic N) is 2. The summed E-state index contributed by atoms with van der Waals surface area (Å²) in [5.74, 6) is 0.588. The average Bonchev–Trinajstić information content (AvgIpc) is 3.45. The van der Waals surface area contributed by atoms with Gasteiger partial charge in [0.15, 0.2) is 5.76 Å². The highest BCUT2D eigenvalue weighted by Gasteiger charge is 2.42. The van der Waals surface area contributed by atoms with Crippen molar-refractivity contribution in [3.8, 4) is 5.75 Å². The standard InChI is InChI=1S/C18H24N2O4/c1-23-17-11-24-16(9-15(17)21)18(22)19-8-6-14-12(10-19)3-2-7-20(14)13-4-5-13/h9,11-14H,2-8,10H2,1H3/t12-,14+/m1/s1. The molecule has 1 aromatic heterocycles. The third kappa shape index (κ3) is 2.83. The molecule has 0 bridgehead atoms. The second-order valence-electron chi connectivity index (χ2n) is 7.16. The number of methoxy groups -OCH3 is 1. The van der Waals surface area contributed by atoms with Crippen LogP contribution < -0.4 is 10.2 Å². The minimum atomic E-state index is -0.320. The molecule has 2 atom stereocenters. The van der Waals surface area contributed by atoms with E-state index in [1.807, 2.05) is 4.90 Å². The van der Waals surface area contributed by atoms with Crippen LogP contribution in [0.5, 0.6) is 5.75 Å². The monoisotopic (exact) mass is 332 g/mol. The summed E-state index contributed by atoms with van der Waals surface area (Å²) in [6.07, 6.45) is 7.32. The molecule has 6 heteroatoms. The van der Waals surface area contributed by atoms with Crippen molar-refractivity contribution >= 4 is 5.91 Å². The number of likely N-dealkylation sites (tertiary alicyclic amines) is 2. The summed E-state index contributed by atoms with van der Waals surface area (Å²) < 4.78 is 10.2. The van der Waals surface area contributed by atoms with E-state index >= 15 is 0 Å². The molecule has 1 saturated carbocycles. The molecule has 1 aromatic rings. The molecule has 130 valence electrons. The fourth-order valence-electron chi connectivity index (χ4n) is 4.30. The van der Waals surface area contributed by atoms with Crippen LogP contribution in [-0.2, 0) is 0 Å². The van der Waals surface area contributed by atoms with Crippen molar-refractivity contribution in [3.63, 3.8) is 0 Å². The Kier molecular flexibility index (Phi) is 4.08. The lowest BCUT2D eigenvalue weighted by atomic mass is 9.83. The van der Waals surface area contributed by atoms with Gasteiger partial charge < -0.3 is 14.1 Å². The first-order chi connectivity index (χ1) is 11.7. The molecule has 2 saturated heterocycles. The van der Waals surface area contributed by atoms with Crippen LogP contribution in [0.4, 0.5) is 0 Å². The Bertz CT molecular complexity index is 682. The molecule has 1 aliphatic carbocycles. The van der Waals surface area contributed by atoms with Gasteiger partial charge in [-0.3, -0.25) is 14.5 Å². The number of piperidine rings is 2. The minimum Gasteiger partial charge on any atom is -0.490 e. The molecular weight excluding hydrogens is 308 g/mol. The van der Waals surface area contributed by atoms with Crippen molar-refractivity contribution < 1.29 is 13.9 Å². The molecule has 0 N–H and O–H groups in total. The Morgan fingerprint density at radius 1 is 1.25 bits per heavy atom. The highest BCUT2D eigenvalue weighted by Crippen LogP contribution is 2.38. The van der Waals surface area contributed by atoms with Crippen molar-refractivity contribution in [2.24, 2.45) is 5.92 Å². The number of carbonyl (C=O) groups excluding carboxylic acids is 1. The van der Waals surface area contributed by atoms with Gasteiger partial charge in [0.05, 0.1) is 7.11 Å². The summed E-state index contributed by atoms with van der Waals surface area (Å²) in [5.41, 5.74) is -0.320. The van der Waals surface area contributed by atoms with Gasteiger partial charge in [0, 0.05) is 31.2 Å². The van der Waals surface area contributed by atoms with Crippen molar-refractivity contribution in [1.29, 1.82) is 0 Å². The number of amides is 1. The van der Waals surface area contributed by atoms with E-state index in [0.29, 0.717) is 12.0 Å². The number of ether oxygens (including phenoxy) is 1. The Labute approximate surface area is 141 Å². The van der Waals surface area contributed by atoms with Crippen LogP contribution in [0.2, 0.25) is 0 Å². The van der Waals surface area contributed by atoms with Gasteiger partial charge in [-0.05, 0) is 44.6 Å². The molecule has 1 amide bonds. The first kappa shape index (κ1) is 15.7. The van der Waals surface area contributed by atoms with Crippen LogP contribution in [0.3, 0.4) is 0 Å². The highest BCUT2D eigenvalue weighted by atomic mass is 16.5. The maximum Gasteiger partial charge on any atom is 0.289 e. The van der Waals surface area contributed by atoms with E-state index in [0.717, 1.165) is 25.6 Å². The summed E-state index contributed by atoms with van der Waals surface area (Å²) in [6, 6.07) is 2.66. The average molecular weight is 332 g/mol. The van der Waals surface area contributed by atoms with Gasteiger partial charge in [-0.25, -0.2) is 0 Å². The Balaban J connectivity index is 1.47. The van der Waals surface area contributed by atoms with Crippen LogP contribution >= 0.6 is 0 Å². The topological polar surface area (TPSA) is 63.0 Å². The predicted octanol–water partition coefficient (Wildman–Crippen LogP) is 1.74. The van der Waals surface area contributed by atoms with Gasteiger partial charge in [-0.1, -0.05) is 0 Å². The molecule has 24 heavy (non-hydrogen) atoms. The van der Waals surface area contributed by atoms with Gasteiger partial charge >= 0.3 is 0 Å².